The number of hydrogen-bond donors (Lipinski definition) is 0. The Bertz CT molecular complexity index is 4030. The van der Waals surface area contributed by atoms with Gasteiger partial charge in [0.25, 0.3) is 0 Å². The number of para-hydroxylation sites is 3. The summed E-state index contributed by atoms with van der Waals surface area (Å²) in [5.41, 5.74) is 28.7. The second kappa shape index (κ2) is 20.0. The molecule has 0 aromatic heterocycles. The first kappa shape index (κ1) is 51.7. The van der Waals surface area contributed by atoms with Crippen LogP contribution in [0.3, 0.4) is 0 Å². The molecule has 0 unspecified atom stereocenters. The Morgan fingerprint density at radius 1 is 0.165 bits per heavy atom. The van der Waals surface area contributed by atoms with Gasteiger partial charge >= 0.3 is 0 Å². The first-order valence-corrected chi connectivity index (χ1v) is 29.8. The van der Waals surface area contributed by atoms with Crippen molar-refractivity contribution in [2.45, 2.75) is 57.8 Å². The molecule has 0 N–H and O–H groups in total. The van der Waals surface area contributed by atoms with E-state index in [0.717, 1.165) is 68.2 Å². The van der Waals surface area contributed by atoms with Crippen LogP contribution in [0.4, 0.5) is 68.2 Å². The van der Waals surface area contributed by atoms with Crippen LogP contribution >= 0.6 is 0 Å². The lowest BCUT2D eigenvalue weighted by Crippen LogP contribution is -2.17. The van der Waals surface area contributed by atoms with Crippen LogP contribution < -0.4 is 19.6 Å². The molecular weight excluding hydrogens is 1030 g/mol. The van der Waals surface area contributed by atoms with Crippen LogP contribution in [0.25, 0.3) is 33.4 Å². The van der Waals surface area contributed by atoms with Gasteiger partial charge in [0.05, 0.1) is 0 Å². The Hall–Kier alpha value is -10.2. The molecule has 0 bridgehead atoms. The summed E-state index contributed by atoms with van der Waals surface area (Å²) in [5, 5.41) is 0. The summed E-state index contributed by atoms with van der Waals surface area (Å²) >= 11 is 0. The van der Waals surface area contributed by atoms with Gasteiger partial charge in [-0.15, -0.1) is 0 Å². The predicted molar refractivity (Wildman–Crippen MR) is 358 cm³/mol. The molecule has 12 aromatic rings. The maximum Gasteiger partial charge on any atom is 0.0465 e. The minimum absolute atomic E-state index is 0.134. The van der Waals surface area contributed by atoms with Gasteiger partial charge in [0, 0.05) is 84.5 Å². The van der Waals surface area contributed by atoms with Crippen LogP contribution in [0.1, 0.15) is 74.9 Å². The molecule has 0 atom stereocenters. The molecule has 3 aliphatic carbocycles. The minimum atomic E-state index is -0.134. The lowest BCUT2D eigenvalue weighted by Gasteiger charge is -2.31. The van der Waals surface area contributed by atoms with E-state index < -0.39 is 0 Å². The molecular formula is C81H66N4. The zero-order valence-electron chi connectivity index (χ0n) is 49.0. The van der Waals surface area contributed by atoms with E-state index >= 15 is 0 Å². The van der Waals surface area contributed by atoms with E-state index in [-0.39, 0.29) is 16.2 Å². The van der Waals surface area contributed by atoms with Gasteiger partial charge in [-0.25, -0.2) is 0 Å². The molecule has 3 aliphatic rings. The third-order valence-electron chi connectivity index (χ3n) is 18.6. The maximum atomic E-state index is 2.41. The van der Waals surface area contributed by atoms with Crippen molar-refractivity contribution in [3.8, 4) is 33.4 Å². The summed E-state index contributed by atoms with van der Waals surface area (Å²) in [5.74, 6) is 0. The lowest BCUT2D eigenvalue weighted by atomic mass is 9.82. The molecule has 4 heteroatoms. The third kappa shape index (κ3) is 8.49. The van der Waals surface area contributed by atoms with E-state index in [2.05, 4.69) is 352 Å². The van der Waals surface area contributed by atoms with Gasteiger partial charge in [-0.05, 0) is 212 Å². The number of nitrogens with zero attached hydrogens (tertiary/aromatic N) is 4. The fourth-order valence-electron chi connectivity index (χ4n) is 14.3. The molecule has 0 aliphatic heterocycles. The van der Waals surface area contributed by atoms with Crippen molar-refractivity contribution in [1.29, 1.82) is 0 Å². The molecule has 4 nitrogen and oxygen atoms in total. The van der Waals surface area contributed by atoms with E-state index in [4.69, 9.17) is 0 Å². The molecule has 0 fully saturated rings. The highest BCUT2D eigenvalue weighted by Gasteiger charge is 2.39. The molecule has 0 saturated heterocycles. The Kier molecular flexibility index (Phi) is 12.2. The van der Waals surface area contributed by atoms with Crippen molar-refractivity contribution >= 4 is 68.2 Å². The molecule has 0 spiro atoms. The monoisotopic (exact) mass is 1090 g/mol. The van der Waals surface area contributed by atoms with Crippen LogP contribution in [-0.2, 0) is 16.2 Å². The van der Waals surface area contributed by atoms with E-state index in [1.807, 2.05) is 0 Å². The van der Waals surface area contributed by atoms with Gasteiger partial charge in [-0.3, -0.25) is 0 Å². The van der Waals surface area contributed by atoms with Crippen molar-refractivity contribution in [2.24, 2.45) is 0 Å². The highest BCUT2D eigenvalue weighted by atomic mass is 15.2. The van der Waals surface area contributed by atoms with E-state index in [9.17, 15) is 0 Å². The van der Waals surface area contributed by atoms with Crippen LogP contribution in [0, 0.1) is 0 Å². The molecule has 0 saturated carbocycles. The minimum Gasteiger partial charge on any atom is -0.310 e. The number of benzene rings is 12. The Morgan fingerprint density at radius 3 is 0.588 bits per heavy atom. The summed E-state index contributed by atoms with van der Waals surface area (Å²) < 4.78 is 0. The largest absolute Gasteiger partial charge is 0.310 e. The Balaban J connectivity index is 0.837. The topological polar surface area (TPSA) is 13.0 Å². The Labute approximate surface area is 500 Å². The summed E-state index contributed by atoms with van der Waals surface area (Å²) in [4.78, 5) is 9.57. The quantitative estimate of drug-likeness (QED) is 0.121. The standard InChI is InChI=1S/C81H66N4/c1-79(2)73-31-19-16-28-67(73)70-49-46-64(52-76(70)79)83(55-22-10-7-11-23-55)61-40-34-58(35-41-61)82(59-36-42-62(43-37-59)84(56-24-12-8-13-25-56)65-47-50-71-68-29-17-20-32-74(68)80(3,4)77(71)53-65)60-38-44-63(45-39-60)85(57-26-14-9-15-27-57)66-48-51-72-69-30-18-21-33-75(69)81(5,6)78(72)54-66/h7-54H,1-6H3. The fraction of sp³-hybridized carbons (Fsp3) is 0.111. The third-order valence-corrected chi connectivity index (χ3v) is 18.6. The van der Waals surface area contributed by atoms with Gasteiger partial charge < -0.3 is 19.6 Å². The molecule has 0 radical (unpaired) electrons. The van der Waals surface area contributed by atoms with Gasteiger partial charge in [0.15, 0.2) is 0 Å². The summed E-state index contributed by atoms with van der Waals surface area (Å²) in [6.45, 7) is 14.1. The average molecular weight is 1100 g/mol. The molecule has 0 amide bonds. The SMILES string of the molecule is CC1(C)c2ccccc2-c2ccc(N(c3ccccc3)c3ccc(N(c4ccc(N(c5ccccc5)c5ccc6c(c5)C(C)(C)c5ccccc5-6)cc4)c4ccc(N(c5ccccc5)c5ccc6c(c5)C(C)(C)c5ccccc5-6)cc4)cc3)cc21. The maximum absolute atomic E-state index is 2.41. The van der Waals surface area contributed by atoms with E-state index in [1.54, 1.807) is 0 Å². The summed E-state index contributed by atoms with van der Waals surface area (Å²) in [6, 6.07) is 107. The molecule has 85 heavy (non-hydrogen) atoms. The number of anilines is 12. The van der Waals surface area contributed by atoms with Crippen LogP contribution in [-0.4, -0.2) is 0 Å². The lowest BCUT2D eigenvalue weighted by molar-refractivity contribution is 0.660. The van der Waals surface area contributed by atoms with Crippen molar-refractivity contribution in [2.75, 3.05) is 19.6 Å². The summed E-state index contributed by atoms with van der Waals surface area (Å²) in [6.07, 6.45) is 0. The van der Waals surface area contributed by atoms with Crippen molar-refractivity contribution < 1.29 is 0 Å². The first-order valence-electron chi connectivity index (χ1n) is 29.8. The second-order valence-electron chi connectivity index (χ2n) is 24.6. The van der Waals surface area contributed by atoms with Crippen molar-refractivity contribution in [1.82, 2.24) is 0 Å². The normalized spacial score (nSPS) is 14.0. The second-order valence-corrected chi connectivity index (χ2v) is 24.6. The fourth-order valence-corrected chi connectivity index (χ4v) is 14.3. The number of hydrogen-bond acceptors (Lipinski definition) is 4. The van der Waals surface area contributed by atoms with E-state index in [1.165, 1.54) is 66.8 Å². The highest BCUT2D eigenvalue weighted by molar-refractivity contribution is 5.91. The van der Waals surface area contributed by atoms with E-state index in [0.29, 0.717) is 0 Å². The van der Waals surface area contributed by atoms with Gasteiger partial charge in [0.2, 0.25) is 0 Å². The molecule has 410 valence electrons. The smallest absolute Gasteiger partial charge is 0.0465 e. The molecule has 0 heterocycles. The predicted octanol–water partition coefficient (Wildman–Crippen LogP) is 22.5. The summed E-state index contributed by atoms with van der Waals surface area (Å²) in [7, 11) is 0. The molecule has 15 rings (SSSR count). The van der Waals surface area contributed by atoms with Crippen molar-refractivity contribution in [3.63, 3.8) is 0 Å². The van der Waals surface area contributed by atoms with Crippen LogP contribution in [0.2, 0.25) is 0 Å². The zero-order valence-corrected chi connectivity index (χ0v) is 49.0. The van der Waals surface area contributed by atoms with Gasteiger partial charge in [0.1, 0.15) is 0 Å². The van der Waals surface area contributed by atoms with Crippen LogP contribution in [0.5, 0.6) is 0 Å². The van der Waals surface area contributed by atoms with Crippen molar-refractivity contribution in [3.05, 3.63) is 325 Å². The van der Waals surface area contributed by atoms with Gasteiger partial charge in [-0.2, -0.15) is 0 Å². The zero-order chi connectivity index (χ0) is 57.6. The number of rotatable bonds is 12. The average Bonchev–Trinajstić information content (AvgIpc) is 2.21. The van der Waals surface area contributed by atoms with Gasteiger partial charge in [-0.1, -0.05) is 187 Å². The Morgan fingerprint density at radius 2 is 0.341 bits per heavy atom. The highest BCUT2D eigenvalue weighted by Crippen LogP contribution is 2.54. The molecule has 12 aromatic carbocycles. The first-order chi connectivity index (χ1) is 41.4. The van der Waals surface area contributed by atoms with Crippen LogP contribution in [0.15, 0.2) is 291 Å². The number of fused-ring (bicyclic) bond motifs is 9.